The maximum Gasteiger partial charge on any atom is 0.162 e. The molecule has 0 aromatic heterocycles. The van der Waals surface area contributed by atoms with Gasteiger partial charge in [0.15, 0.2) is 11.5 Å². The topological polar surface area (TPSA) is 44.7 Å². The molecule has 112 valence electrons. The summed E-state index contributed by atoms with van der Waals surface area (Å²) in [5, 5.41) is 14.1. The standard InChI is InChI=1S/C15H23ClN2O2/c1-3-18-6-4-5-13(18)10-17-9-11-7-12(16)8-14(20-2)15(11)19/h7-8,13,17,19H,3-6,9-10H2,1-2H3. The van der Waals surface area contributed by atoms with Gasteiger partial charge in [-0.2, -0.15) is 0 Å². The zero-order chi connectivity index (χ0) is 14.5. The summed E-state index contributed by atoms with van der Waals surface area (Å²) in [7, 11) is 1.53. The van der Waals surface area contributed by atoms with Gasteiger partial charge in [0.25, 0.3) is 0 Å². The highest BCUT2D eigenvalue weighted by atomic mass is 35.5. The van der Waals surface area contributed by atoms with E-state index >= 15 is 0 Å². The van der Waals surface area contributed by atoms with Gasteiger partial charge < -0.3 is 15.2 Å². The number of rotatable bonds is 6. The molecule has 0 amide bonds. The minimum atomic E-state index is 0.170. The fourth-order valence-corrected chi connectivity index (χ4v) is 3.07. The Labute approximate surface area is 125 Å². The van der Waals surface area contributed by atoms with Crippen molar-refractivity contribution < 1.29 is 9.84 Å². The van der Waals surface area contributed by atoms with Crippen LogP contribution in [-0.4, -0.2) is 42.8 Å². The predicted octanol–water partition coefficient (Wildman–Crippen LogP) is 2.63. The summed E-state index contributed by atoms with van der Waals surface area (Å²) in [6.45, 7) is 6.02. The Morgan fingerprint density at radius 3 is 3.00 bits per heavy atom. The van der Waals surface area contributed by atoms with Crippen molar-refractivity contribution in [3.63, 3.8) is 0 Å². The molecule has 1 unspecified atom stereocenters. The van der Waals surface area contributed by atoms with Gasteiger partial charge in [0.1, 0.15) is 0 Å². The van der Waals surface area contributed by atoms with Crippen LogP contribution in [0.15, 0.2) is 12.1 Å². The summed E-state index contributed by atoms with van der Waals surface area (Å²) in [6, 6.07) is 4.00. The van der Waals surface area contributed by atoms with E-state index in [4.69, 9.17) is 16.3 Å². The third-order valence-electron chi connectivity index (χ3n) is 3.94. The van der Waals surface area contributed by atoms with Crippen molar-refractivity contribution in [2.24, 2.45) is 0 Å². The summed E-state index contributed by atoms with van der Waals surface area (Å²) in [6.07, 6.45) is 2.52. The highest BCUT2D eigenvalue weighted by Crippen LogP contribution is 2.33. The minimum Gasteiger partial charge on any atom is -0.504 e. The average molecular weight is 299 g/mol. The van der Waals surface area contributed by atoms with Crippen LogP contribution in [0.5, 0.6) is 11.5 Å². The summed E-state index contributed by atoms with van der Waals surface area (Å²) in [5.41, 5.74) is 0.774. The van der Waals surface area contributed by atoms with Gasteiger partial charge in [-0.1, -0.05) is 18.5 Å². The first-order valence-electron chi connectivity index (χ1n) is 7.15. The highest BCUT2D eigenvalue weighted by molar-refractivity contribution is 6.30. The van der Waals surface area contributed by atoms with Crippen molar-refractivity contribution in [3.05, 3.63) is 22.7 Å². The van der Waals surface area contributed by atoms with E-state index in [0.717, 1.165) is 18.7 Å². The Hall–Kier alpha value is -0.970. The number of aromatic hydroxyl groups is 1. The molecule has 1 fully saturated rings. The van der Waals surface area contributed by atoms with Gasteiger partial charge in [-0.05, 0) is 32.0 Å². The summed E-state index contributed by atoms with van der Waals surface area (Å²) < 4.78 is 5.11. The Morgan fingerprint density at radius 2 is 2.30 bits per heavy atom. The van der Waals surface area contributed by atoms with E-state index in [-0.39, 0.29) is 5.75 Å². The molecule has 4 nitrogen and oxygen atoms in total. The molecular weight excluding hydrogens is 276 g/mol. The number of likely N-dealkylation sites (tertiary alicyclic amines) is 1. The molecule has 1 heterocycles. The molecule has 0 bridgehead atoms. The van der Waals surface area contributed by atoms with Crippen molar-refractivity contribution in [1.82, 2.24) is 10.2 Å². The van der Waals surface area contributed by atoms with Gasteiger partial charge in [0.2, 0.25) is 0 Å². The van der Waals surface area contributed by atoms with Crippen molar-refractivity contribution in [2.75, 3.05) is 26.7 Å². The van der Waals surface area contributed by atoms with Crippen LogP contribution in [0.4, 0.5) is 0 Å². The number of benzene rings is 1. The third kappa shape index (κ3) is 3.57. The molecule has 1 aromatic rings. The van der Waals surface area contributed by atoms with Gasteiger partial charge in [-0.3, -0.25) is 4.90 Å². The largest absolute Gasteiger partial charge is 0.504 e. The van der Waals surface area contributed by atoms with Crippen molar-refractivity contribution >= 4 is 11.6 Å². The molecule has 0 saturated carbocycles. The van der Waals surface area contributed by atoms with E-state index < -0.39 is 0 Å². The summed E-state index contributed by atoms with van der Waals surface area (Å²) in [5.74, 6) is 0.591. The molecule has 1 saturated heterocycles. The third-order valence-corrected chi connectivity index (χ3v) is 4.16. The number of nitrogens with one attached hydrogen (secondary N) is 1. The van der Waals surface area contributed by atoms with Crippen LogP contribution >= 0.6 is 11.6 Å². The number of hydrogen-bond acceptors (Lipinski definition) is 4. The zero-order valence-corrected chi connectivity index (χ0v) is 12.9. The van der Waals surface area contributed by atoms with Gasteiger partial charge in [0.05, 0.1) is 7.11 Å². The molecule has 1 aliphatic rings. The fraction of sp³-hybridized carbons (Fsp3) is 0.600. The van der Waals surface area contributed by atoms with E-state index in [1.54, 1.807) is 12.1 Å². The zero-order valence-electron chi connectivity index (χ0n) is 12.2. The molecule has 1 aromatic carbocycles. The summed E-state index contributed by atoms with van der Waals surface area (Å²) in [4.78, 5) is 2.49. The van der Waals surface area contributed by atoms with E-state index in [1.807, 2.05) is 0 Å². The number of phenols is 1. The molecule has 1 aliphatic heterocycles. The van der Waals surface area contributed by atoms with Gasteiger partial charge in [-0.25, -0.2) is 0 Å². The lowest BCUT2D eigenvalue weighted by Crippen LogP contribution is -2.37. The smallest absolute Gasteiger partial charge is 0.162 e. The number of nitrogens with zero attached hydrogens (tertiary/aromatic N) is 1. The minimum absolute atomic E-state index is 0.170. The van der Waals surface area contributed by atoms with Crippen LogP contribution in [0.2, 0.25) is 5.02 Å². The lowest BCUT2D eigenvalue weighted by Gasteiger charge is -2.23. The van der Waals surface area contributed by atoms with Crippen molar-refractivity contribution in [3.8, 4) is 11.5 Å². The van der Waals surface area contributed by atoms with Gasteiger partial charge in [-0.15, -0.1) is 0 Å². The molecule has 2 rings (SSSR count). The average Bonchev–Trinajstić information content (AvgIpc) is 2.89. The Bertz CT molecular complexity index is 454. The SMILES string of the molecule is CCN1CCCC1CNCc1cc(Cl)cc(OC)c1O. The second-order valence-corrected chi connectivity index (χ2v) is 5.61. The second kappa shape index (κ2) is 7.16. The highest BCUT2D eigenvalue weighted by Gasteiger charge is 2.22. The number of phenolic OH excluding ortho intramolecular Hbond substituents is 1. The van der Waals surface area contributed by atoms with E-state index in [9.17, 15) is 5.11 Å². The van der Waals surface area contributed by atoms with E-state index in [1.165, 1.54) is 26.5 Å². The van der Waals surface area contributed by atoms with Crippen LogP contribution in [0.1, 0.15) is 25.3 Å². The monoisotopic (exact) mass is 298 g/mol. The Balaban J connectivity index is 1.92. The first-order valence-corrected chi connectivity index (χ1v) is 7.53. The molecular formula is C15H23ClN2O2. The van der Waals surface area contributed by atoms with Crippen LogP contribution in [0.3, 0.4) is 0 Å². The Kier molecular flexibility index (Phi) is 5.52. The lowest BCUT2D eigenvalue weighted by molar-refractivity contribution is 0.259. The summed E-state index contributed by atoms with van der Waals surface area (Å²) >= 11 is 6.03. The number of methoxy groups -OCH3 is 1. The number of halogens is 1. The number of likely N-dealkylation sites (N-methyl/N-ethyl adjacent to an activating group) is 1. The molecule has 5 heteroatoms. The first-order chi connectivity index (χ1) is 9.65. The van der Waals surface area contributed by atoms with E-state index in [0.29, 0.717) is 23.4 Å². The fourth-order valence-electron chi connectivity index (χ4n) is 2.83. The van der Waals surface area contributed by atoms with Gasteiger partial charge >= 0.3 is 0 Å². The predicted molar refractivity (Wildman–Crippen MR) is 81.6 cm³/mol. The quantitative estimate of drug-likeness (QED) is 0.847. The van der Waals surface area contributed by atoms with Gasteiger partial charge in [0, 0.05) is 35.8 Å². The molecule has 1 atom stereocenters. The first kappa shape index (κ1) is 15.4. The van der Waals surface area contributed by atoms with Crippen LogP contribution in [-0.2, 0) is 6.54 Å². The van der Waals surface area contributed by atoms with Crippen molar-refractivity contribution in [2.45, 2.75) is 32.4 Å². The lowest BCUT2D eigenvalue weighted by atomic mass is 10.1. The van der Waals surface area contributed by atoms with Crippen LogP contribution in [0.25, 0.3) is 0 Å². The molecule has 0 radical (unpaired) electrons. The number of hydrogen-bond donors (Lipinski definition) is 2. The normalized spacial score (nSPS) is 19.4. The molecule has 20 heavy (non-hydrogen) atoms. The second-order valence-electron chi connectivity index (χ2n) is 5.17. The molecule has 0 spiro atoms. The molecule has 2 N–H and O–H groups in total. The Morgan fingerprint density at radius 1 is 1.50 bits per heavy atom. The van der Waals surface area contributed by atoms with Crippen LogP contribution in [0, 0.1) is 0 Å². The van der Waals surface area contributed by atoms with Crippen molar-refractivity contribution in [1.29, 1.82) is 0 Å². The van der Waals surface area contributed by atoms with E-state index in [2.05, 4.69) is 17.1 Å². The molecule has 0 aliphatic carbocycles. The van der Waals surface area contributed by atoms with Crippen LogP contribution < -0.4 is 10.1 Å². The maximum absolute atomic E-state index is 10.1. The maximum atomic E-state index is 10.1. The number of ether oxygens (including phenoxy) is 1.